The van der Waals surface area contributed by atoms with Crippen molar-refractivity contribution in [2.24, 2.45) is 0 Å². The summed E-state index contributed by atoms with van der Waals surface area (Å²) in [5, 5.41) is 3.90. The molecule has 1 aromatic heterocycles. The molecule has 0 radical (unpaired) electrons. The van der Waals surface area contributed by atoms with Gasteiger partial charge in [-0.15, -0.1) is 0 Å². The summed E-state index contributed by atoms with van der Waals surface area (Å²) in [5.74, 6) is 1.54. The lowest BCUT2D eigenvalue weighted by Gasteiger charge is -2.27. The molecule has 1 unspecified atom stereocenters. The Hall–Kier alpha value is -1.86. The molecule has 1 N–H and O–H groups in total. The zero-order valence-electron chi connectivity index (χ0n) is 15.2. The van der Waals surface area contributed by atoms with Crippen molar-refractivity contribution in [3.8, 4) is 0 Å². The smallest absolute Gasteiger partial charge is 0.227 e. The summed E-state index contributed by atoms with van der Waals surface area (Å²) in [6, 6.07) is 5.65. The van der Waals surface area contributed by atoms with Crippen molar-refractivity contribution in [3.63, 3.8) is 0 Å². The van der Waals surface area contributed by atoms with Gasteiger partial charge in [0.25, 0.3) is 0 Å². The number of hydrogen-bond donors (Lipinski definition) is 1. The Morgan fingerprint density at radius 1 is 1.35 bits per heavy atom. The van der Waals surface area contributed by atoms with Gasteiger partial charge in [0, 0.05) is 18.8 Å². The summed E-state index contributed by atoms with van der Waals surface area (Å²) in [5.41, 5.74) is 2.94. The Kier molecular flexibility index (Phi) is 5.39. The maximum absolute atomic E-state index is 11.8. The summed E-state index contributed by atoms with van der Waals surface area (Å²) in [7, 11) is -2.96. The fourth-order valence-corrected chi connectivity index (χ4v) is 5.44. The molecule has 0 spiro atoms. The van der Waals surface area contributed by atoms with Gasteiger partial charge in [-0.25, -0.2) is 13.4 Å². The zero-order chi connectivity index (χ0) is 18.9. The van der Waals surface area contributed by atoms with Gasteiger partial charge in [0.05, 0.1) is 22.2 Å². The Labute approximate surface area is 159 Å². The van der Waals surface area contributed by atoms with Crippen molar-refractivity contribution >= 4 is 38.9 Å². The molecule has 1 fully saturated rings. The van der Waals surface area contributed by atoms with Crippen LogP contribution in [0.15, 0.2) is 24.4 Å². The molecular formula is C18H23ClN4O2S. The fraction of sp³-hybridized carbons (Fsp3) is 0.444. The molecule has 140 valence electrons. The topological polar surface area (TPSA) is 75.2 Å². The highest BCUT2D eigenvalue weighted by molar-refractivity contribution is 7.91. The highest BCUT2D eigenvalue weighted by Gasteiger charge is 2.32. The van der Waals surface area contributed by atoms with E-state index in [1.54, 1.807) is 12.3 Å². The first-order valence-electron chi connectivity index (χ1n) is 8.63. The summed E-state index contributed by atoms with van der Waals surface area (Å²) in [6.45, 7) is 6.62. The van der Waals surface area contributed by atoms with Gasteiger partial charge in [-0.3, -0.25) is 0 Å². The van der Waals surface area contributed by atoms with Crippen LogP contribution in [0.4, 0.5) is 17.5 Å². The van der Waals surface area contributed by atoms with Gasteiger partial charge in [-0.1, -0.05) is 17.7 Å². The van der Waals surface area contributed by atoms with Crippen LogP contribution in [0, 0.1) is 13.8 Å². The Balaban J connectivity index is 1.86. The molecule has 1 saturated heterocycles. The van der Waals surface area contributed by atoms with Crippen molar-refractivity contribution in [3.05, 3.63) is 40.5 Å². The number of sulfone groups is 1. The van der Waals surface area contributed by atoms with Gasteiger partial charge in [0.1, 0.15) is 5.82 Å². The molecule has 0 bridgehead atoms. The Bertz CT molecular complexity index is 894. The molecule has 2 heterocycles. The molecular weight excluding hydrogens is 372 g/mol. The van der Waals surface area contributed by atoms with Crippen molar-refractivity contribution in [1.82, 2.24) is 9.97 Å². The van der Waals surface area contributed by atoms with E-state index in [1.165, 1.54) is 0 Å². The molecule has 8 heteroatoms. The summed E-state index contributed by atoms with van der Waals surface area (Å²) < 4.78 is 23.6. The van der Waals surface area contributed by atoms with E-state index in [-0.39, 0.29) is 17.5 Å². The highest BCUT2D eigenvalue weighted by Crippen LogP contribution is 2.30. The average molecular weight is 395 g/mol. The van der Waals surface area contributed by atoms with E-state index in [4.69, 9.17) is 11.6 Å². The molecule has 2 aromatic rings. The van der Waals surface area contributed by atoms with Crippen LogP contribution in [0.1, 0.15) is 24.5 Å². The van der Waals surface area contributed by atoms with Crippen molar-refractivity contribution < 1.29 is 8.42 Å². The average Bonchev–Trinajstić information content (AvgIpc) is 2.92. The van der Waals surface area contributed by atoms with Crippen molar-refractivity contribution in [1.29, 1.82) is 0 Å². The third kappa shape index (κ3) is 4.10. The molecule has 1 aliphatic rings. The third-order valence-electron chi connectivity index (χ3n) is 4.57. The number of rotatable bonds is 5. The number of aromatic nitrogens is 2. The lowest BCUT2D eigenvalue weighted by molar-refractivity contribution is 0.599. The number of aryl methyl sites for hydroxylation is 2. The zero-order valence-corrected chi connectivity index (χ0v) is 16.7. The van der Waals surface area contributed by atoms with E-state index in [0.717, 1.165) is 16.8 Å². The molecule has 6 nitrogen and oxygen atoms in total. The maximum atomic E-state index is 11.8. The Morgan fingerprint density at radius 2 is 2.12 bits per heavy atom. The number of benzene rings is 1. The van der Waals surface area contributed by atoms with Crippen molar-refractivity contribution in [2.45, 2.75) is 33.2 Å². The predicted octanol–water partition coefficient (Wildman–Crippen LogP) is 3.50. The first kappa shape index (κ1) is 18.9. The maximum Gasteiger partial charge on any atom is 0.227 e. The molecule has 1 atom stereocenters. The summed E-state index contributed by atoms with van der Waals surface area (Å²) in [6.07, 6.45) is 2.29. The van der Waals surface area contributed by atoms with Crippen LogP contribution >= 0.6 is 11.6 Å². The van der Waals surface area contributed by atoms with Crippen LogP contribution in [0.25, 0.3) is 0 Å². The van der Waals surface area contributed by atoms with Gasteiger partial charge < -0.3 is 10.2 Å². The van der Waals surface area contributed by atoms with Gasteiger partial charge in [0.15, 0.2) is 9.84 Å². The molecule has 0 saturated carbocycles. The number of halogens is 1. The van der Waals surface area contributed by atoms with Crippen molar-refractivity contribution in [2.75, 3.05) is 28.3 Å². The van der Waals surface area contributed by atoms with E-state index in [2.05, 4.69) is 21.4 Å². The SMILES string of the molecule is CCN(c1nccc(Nc2c(C)cc(C)cc2Cl)n1)C1CCS(=O)(=O)C1. The van der Waals surface area contributed by atoms with Crippen LogP contribution < -0.4 is 10.2 Å². The number of nitrogens with zero attached hydrogens (tertiary/aromatic N) is 3. The fourth-order valence-electron chi connectivity index (χ4n) is 3.34. The second-order valence-electron chi connectivity index (χ2n) is 6.65. The van der Waals surface area contributed by atoms with Crippen LogP contribution in [-0.4, -0.2) is 42.5 Å². The van der Waals surface area contributed by atoms with Crippen LogP contribution in [0.2, 0.25) is 5.02 Å². The summed E-state index contributed by atoms with van der Waals surface area (Å²) in [4.78, 5) is 10.9. The number of anilines is 3. The van der Waals surface area contributed by atoms with E-state index < -0.39 is 9.84 Å². The minimum absolute atomic E-state index is 0.0788. The quantitative estimate of drug-likeness (QED) is 0.836. The molecule has 1 aliphatic heterocycles. The van der Waals surface area contributed by atoms with Gasteiger partial charge in [-0.2, -0.15) is 4.98 Å². The van der Waals surface area contributed by atoms with Crippen LogP contribution in [-0.2, 0) is 9.84 Å². The third-order valence-corrected chi connectivity index (χ3v) is 6.62. The largest absolute Gasteiger partial charge is 0.339 e. The predicted molar refractivity (Wildman–Crippen MR) is 106 cm³/mol. The molecule has 1 aromatic carbocycles. The molecule has 0 amide bonds. The molecule has 26 heavy (non-hydrogen) atoms. The van der Waals surface area contributed by atoms with Gasteiger partial charge in [-0.05, 0) is 50.5 Å². The number of hydrogen-bond acceptors (Lipinski definition) is 6. The van der Waals surface area contributed by atoms with Crippen LogP contribution in [0.3, 0.4) is 0 Å². The standard InChI is InChI=1S/C18H23ClN4O2S/c1-4-23(14-6-8-26(24,25)11-14)18-20-7-5-16(22-18)21-17-13(3)9-12(2)10-15(17)19/h5,7,9-10,14H,4,6,8,11H2,1-3H3,(H,20,21,22). The molecule has 0 aliphatic carbocycles. The van der Waals surface area contributed by atoms with Gasteiger partial charge in [0.2, 0.25) is 5.95 Å². The minimum Gasteiger partial charge on any atom is -0.339 e. The lowest BCUT2D eigenvalue weighted by atomic mass is 10.1. The van der Waals surface area contributed by atoms with E-state index in [0.29, 0.717) is 29.8 Å². The minimum atomic E-state index is -2.96. The van der Waals surface area contributed by atoms with Gasteiger partial charge >= 0.3 is 0 Å². The normalized spacial score (nSPS) is 18.7. The first-order chi connectivity index (χ1) is 12.3. The first-order valence-corrected chi connectivity index (χ1v) is 10.8. The molecule has 3 rings (SSSR count). The Morgan fingerprint density at radius 3 is 2.73 bits per heavy atom. The second-order valence-corrected chi connectivity index (χ2v) is 9.28. The van der Waals surface area contributed by atoms with E-state index in [1.807, 2.05) is 31.7 Å². The van der Waals surface area contributed by atoms with Crippen LogP contribution in [0.5, 0.6) is 0 Å². The second kappa shape index (κ2) is 7.40. The van der Waals surface area contributed by atoms with E-state index >= 15 is 0 Å². The highest BCUT2D eigenvalue weighted by atomic mass is 35.5. The monoisotopic (exact) mass is 394 g/mol. The summed E-state index contributed by atoms with van der Waals surface area (Å²) >= 11 is 6.37. The van der Waals surface area contributed by atoms with E-state index in [9.17, 15) is 8.42 Å². The number of nitrogens with one attached hydrogen (secondary N) is 1. The lowest BCUT2D eigenvalue weighted by Crippen LogP contribution is -2.37.